The molecule has 1 aliphatic rings. The number of hydrogen-bond acceptors (Lipinski definition) is 2. The summed E-state index contributed by atoms with van der Waals surface area (Å²) in [5, 5.41) is 3.45. The zero-order valence-corrected chi connectivity index (χ0v) is 12.9. The zero-order chi connectivity index (χ0) is 15.0. The van der Waals surface area contributed by atoms with Crippen LogP contribution in [0.5, 0.6) is 0 Å². The molecule has 108 valence electrons. The van der Waals surface area contributed by atoms with Crippen LogP contribution in [0.2, 0.25) is 5.02 Å². The van der Waals surface area contributed by atoms with Gasteiger partial charge in [0.1, 0.15) is 5.78 Å². The quantitative estimate of drug-likeness (QED) is 0.893. The number of amides is 1. The number of Topliss-reactive ketones (excluding diaryl/α,β-unsaturated/α-hetero) is 1. The van der Waals surface area contributed by atoms with Gasteiger partial charge >= 0.3 is 0 Å². The summed E-state index contributed by atoms with van der Waals surface area (Å²) in [6.45, 7) is 5.94. The Balaban J connectivity index is 2.17. The summed E-state index contributed by atoms with van der Waals surface area (Å²) in [4.78, 5) is 24.4. The molecule has 1 fully saturated rings. The number of benzene rings is 1. The molecule has 1 N–H and O–H groups in total. The van der Waals surface area contributed by atoms with Gasteiger partial charge in [0.05, 0.1) is 5.41 Å². The molecule has 0 bridgehead atoms. The molecule has 0 heterocycles. The molecule has 3 nitrogen and oxygen atoms in total. The van der Waals surface area contributed by atoms with E-state index < -0.39 is 5.41 Å². The van der Waals surface area contributed by atoms with Crippen molar-refractivity contribution in [3.05, 3.63) is 29.3 Å². The van der Waals surface area contributed by atoms with Gasteiger partial charge in [0, 0.05) is 23.6 Å². The molecule has 1 aliphatic carbocycles. The first-order chi connectivity index (χ1) is 9.20. The van der Waals surface area contributed by atoms with Crippen LogP contribution in [0.3, 0.4) is 0 Å². The van der Waals surface area contributed by atoms with E-state index in [1.54, 1.807) is 24.3 Å². The van der Waals surface area contributed by atoms with Crippen molar-refractivity contribution in [1.29, 1.82) is 0 Å². The second-order valence-corrected chi connectivity index (χ2v) is 7.19. The van der Waals surface area contributed by atoms with Gasteiger partial charge < -0.3 is 5.32 Å². The standard InChI is InChI=1S/C16H20ClNO2/c1-15(2)8-13(19)9-16(3,10-15)14(20)18-12-6-4-5-11(17)7-12/h4-7H,8-10H2,1-3H3,(H,18,20)/t16-/m0/s1. The van der Waals surface area contributed by atoms with Crippen molar-refractivity contribution in [1.82, 2.24) is 0 Å². The number of hydrogen-bond donors (Lipinski definition) is 1. The summed E-state index contributed by atoms with van der Waals surface area (Å²) in [6.07, 6.45) is 1.56. The van der Waals surface area contributed by atoms with E-state index in [-0.39, 0.29) is 17.1 Å². The van der Waals surface area contributed by atoms with Crippen LogP contribution in [0.25, 0.3) is 0 Å². The number of anilines is 1. The van der Waals surface area contributed by atoms with E-state index in [0.717, 1.165) is 0 Å². The van der Waals surface area contributed by atoms with Gasteiger partial charge in [0.15, 0.2) is 0 Å². The average Bonchev–Trinajstić information content (AvgIpc) is 2.25. The topological polar surface area (TPSA) is 46.2 Å². The highest BCUT2D eigenvalue weighted by Crippen LogP contribution is 2.45. The van der Waals surface area contributed by atoms with E-state index in [1.165, 1.54) is 0 Å². The maximum Gasteiger partial charge on any atom is 0.230 e. The van der Waals surface area contributed by atoms with Crippen LogP contribution in [0, 0.1) is 10.8 Å². The number of rotatable bonds is 2. The third kappa shape index (κ3) is 3.40. The van der Waals surface area contributed by atoms with Crippen molar-refractivity contribution in [2.45, 2.75) is 40.0 Å². The maximum atomic E-state index is 12.5. The van der Waals surface area contributed by atoms with Crippen LogP contribution in [0.15, 0.2) is 24.3 Å². The fraction of sp³-hybridized carbons (Fsp3) is 0.500. The molecule has 1 atom stereocenters. The summed E-state index contributed by atoms with van der Waals surface area (Å²) in [5.74, 6) is 0.0471. The molecule has 1 amide bonds. The first-order valence-corrected chi connectivity index (χ1v) is 7.17. The summed E-state index contributed by atoms with van der Waals surface area (Å²) in [6, 6.07) is 7.05. The van der Waals surface area contributed by atoms with Gasteiger partial charge in [0.25, 0.3) is 0 Å². The van der Waals surface area contributed by atoms with Crippen molar-refractivity contribution in [2.24, 2.45) is 10.8 Å². The van der Waals surface area contributed by atoms with Gasteiger partial charge in [-0.3, -0.25) is 9.59 Å². The minimum absolute atomic E-state index is 0.110. The van der Waals surface area contributed by atoms with Gasteiger partial charge in [-0.1, -0.05) is 38.4 Å². The first-order valence-electron chi connectivity index (χ1n) is 6.79. The lowest BCUT2D eigenvalue weighted by Gasteiger charge is -2.40. The average molecular weight is 294 g/mol. The highest BCUT2D eigenvalue weighted by molar-refractivity contribution is 6.30. The van der Waals surface area contributed by atoms with Crippen molar-refractivity contribution in [2.75, 3.05) is 5.32 Å². The Kier molecular flexibility index (Phi) is 3.92. The number of carbonyl (C=O) groups excluding carboxylic acids is 2. The van der Waals surface area contributed by atoms with Crippen molar-refractivity contribution in [3.63, 3.8) is 0 Å². The molecular weight excluding hydrogens is 274 g/mol. The molecule has 0 aliphatic heterocycles. The van der Waals surface area contributed by atoms with E-state index in [9.17, 15) is 9.59 Å². The first kappa shape index (κ1) is 15.0. The number of ketones is 1. The second kappa shape index (κ2) is 5.21. The molecule has 0 radical (unpaired) electrons. The predicted molar refractivity (Wildman–Crippen MR) is 80.8 cm³/mol. The van der Waals surface area contributed by atoms with Gasteiger partial charge in [-0.05, 0) is 30.0 Å². The fourth-order valence-corrected chi connectivity index (χ4v) is 3.41. The molecule has 0 aromatic heterocycles. The Hall–Kier alpha value is -1.35. The Labute approximate surface area is 124 Å². The van der Waals surface area contributed by atoms with E-state index >= 15 is 0 Å². The van der Waals surface area contributed by atoms with Crippen LogP contribution in [-0.2, 0) is 9.59 Å². The molecule has 0 saturated heterocycles. The van der Waals surface area contributed by atoms with Crippen molar-refractivity contribution < 1.29 is 9.59 Å². The third-order valence-corrected chi connectivity index (χ3v) is 4.00. The summed E-state index contributed by atoms with van der Waals surface area (Å²) < 4.78 is 0. The van der Waals surface area contributed by atoms with E-state index in [0.29, 0.717) is 30.0 Å². The largest absolute Gasteiger partial charge is 0.326 e. The van der Waals surface area contributed by atoms with Crippen molar-refractivity contribution in [3.8, 4) is 0 Å². The fourth-order valence-electron chi connectivity index (χ4n) is 3.22. The van der Waals surface area contributed by atoms with Gasteiger partial charge in [-0.25, -0.2) is 0 Å². The Bertz CT molecular complexity index is 553. The van der Waals surface area contributed by atoms with Crippen LogP contribution in [0.1, 0.15) is 40.0 Å². The molecule has 0 unspecified atom stereocenters. The van der Waals surface area contributed by atoms with E-state index in [2.05, 4.69) is 5.32 Å². The summed E-state index contributed by atoms with van der Waals surface area (Å²) in [5.41, 5.74) is -0.115. The van der Waals surface area contributed by atoms with Crippen LogP contribution >= 0.6 is 11.6 Å². The summed E-state index contributed by atoms with van der Waals surface area (Å²) >= 11 is 5.91. The number of nitrogens with one attached hydrogen (secondary N) is 1. The molecule has 20 heavy (non-hydrogen) atoms. The number of halogens is 1. The highest BCUT2D eigenvalue weighted by Gasteiger charge is 2.45. The van der Waals surface area contributed by atoms with Crippen LogP contribution in [0.4, 0.5) is 5.69 Å². The minimum Gasteiger partial charge on any atom is -0.326 e. The van der Waals surface area contributed by atoms with Crippen LogP contribution < -0.4 is 5.32 Å². The SMILES string of the molecule is CC1(C)CC(=O)C[C@](C)(C(=O)Nc2cccc(Cl)c2)C1. The molecule has 2 rings (SSSR count). The molecule has 1 saturated carbocycles. The highest BCUT2D eigenvalue weighted by atomic mass is 35.5. The maximum absolute atomic E-state index is 12.5. The normalized spacial score (nSPS) is 25.3. The third-order valence-electron chi connectivity index (χ3n) is 3.76. The molecule has 1 aromatic rings. The monoisotopic (exact) mass is 293 g/mol. The van der Waals surface area contributed by atoms with Gasteiger partial charge in [-0.2, -0.15) is 0 Å². The zero-order valence-electron chi connectivity index (χ0n) is 12.1. The minimum atomic E-state index is -0.652. The van der Waals surface area contributed by atoms with E-state index in [4.69, 9.17) is 11.6 Å². The Morgan fingerprint density at radius 2 is 1.95 bits per heavy atom. The molecule has 1 aromatic carbocycles. The van der Waals surface area contributed by atoms with Gasteiger partial charge in [-0.15, -0.1) is 0 Å². The van der Waals surface area contributed by atoms with Crippen molar-refractivity contribution >= 4 is 29.0 Å². The molecule has 0 spiro atoms. The van der Waals surface area contributed by atoms with E-state index in [1.807, 2.05) is 20.8 Å². The predicted octanol–water partition coefficient (Wildman–Crippen LogP) is 4.06. The van der Waals surface area contributed by atoms with Gasteiger partial charge in [0.2, 0.25) is 5.91 Å². The smallest absolute Gasteiger partial charge is 0.230 e. The number of carbonyl (C=O) groups is 2. The Morgan fingerprint density at radius 1 is 1.25 bits per heavy atom. The molecular formula is C16H20ClNO2. The van der Waals surface area contributed by atoms with Crippen LogP contribution in [-0.4, -0.2) is 11.7 Å². The lowest BCUT2D eigenvalue weighted by molar-refractivity contribution is -0.138. The summed E-state index contributed by atoms with van der Waals surface area (Å²) in [7, 11) is 0. The second-order valence-electron chi connectivity index (χ2n) is 6.76. The Morgan fingerprint density at radius 3 is 2.55 bits per heavy atom. The lowest BCUT2D eigenvalue weighted by Crippen LogP contribution is -2.43. The lowest BCUT2D eigenvalue weighted by atomic mass is 9.63. The molecule has 4 heteroatoms.